The van der Waals surface area contributed by atoms with Crippen LogP contribution in [0, 0.1) is 17.2 Å². The molecule has 2 aliphatic rings. The summed E-state index contributed by atoms with van der Waals surface area (Å²) in [6.45, 7) is 3.71. The highest BCUT2D eigenvalue weighted by Gasteiger charge is 2.30. The molecule has 1 heterocycles. The smallest absolute Gasteiger partial charge is 0.237 e. The summed E-state index contributed by atoms with van der Waals surface area (Å²) in [5.41, 5.74) is 0. The van der Waals surface area contributed by atoms with E-state index in [2.05, 4.69) is 16.3 Å². The Kier molecular flexibility index (Phi) is 3.45. The van der Waals surface area contributed by atoms with Crippen molar-refractivity contribution in [1.82, 2.24) is 10.2 Å². The third kappa shape index (κ3) is 2.73. The summed E-state index contributed by atoms with van der Waals surface area (Å²) in [6, 6.07) is 2.70. The normalized spacial score (nSPS) is 24.8. The zero-order valence-corrected chi connectivity index (χ0v) is 9.78. The molecule has 16 heavy (non-hydrogen) atoms. The number of hydrogen-bond donors (Lipinski definition) is 1. The number of rotatable bonds is 3. The molecule has 1 saturated heterocycles. The SMILES string of the molecule is CC(C(=O)NC1CC1)N1CCC(C#N)CC1. The van der Waals surface area contributed by atoms with E-state index >= 15 is 0 Å². The lowest BCUT2D eigenvalue weighted by atomic mass is 9.97. The van der Waals surface area contributed by atoms with Crippen molar-refractivity contribution in [3.8, 4) is 6.07 Å². The Bertz CT molecular complexity index is 298. The van der Waals surface area contributed by atoms with E-state index in [1.54, 1.807) is 0 Å². The predicted octanol–water partition coefficient (Wildman–Crippen LogP) is 0.889. The lowest BCUT2D eigenvalue weighted by Gasteiger charge is -2.33. The number of amides is 1. The van der Waals surface area contributed by atoms with Crippen LogP contribution in [0.15, 0.2) is 0 Å². The van der Waals surface area contributed by atoms with Gasteiger partial charge >= 0.3 is 0 Å². The molecular formula is C12H19N3O. The predicted molar refractivity (Wildman–Crippen MR) is 60.5 cm³/mol. The van der Waals surface area contributed by atoms with Crippen LogP contribution >= 0.6 is 0 Å². The van der Waals surface area contributed by atoms with Crippen molar-refractivity contribution in [2.24, 2.45) is 5.92 Å². The number of carbonyl (C=O) groups excluding carboxylic acids is 1. The van der Waals surface area contributed by atoms with Crippen LogP contribution in [0.3, 0.4) is 0 Å². The minimum atomic E-state index is -0.0414. The number of nitrogens with zero attached hydrogens (tertiary/aromatic N) is 2. The van der Waals surface area contributed by atoms with Crippen LogP contribution in [0.4, 0.5) is 0 Å². The van der Waals surface area contributed by atoms with Gasteiger partial charge in [-0.3, -0.25) is 9.69 Å². The molecule has 1 N–H and O–H groups in total. The van der Waals surface area contributed by atoms with Gasteiger partial charge in [0, 0.05) is 25.0 Å². The first-order valence-corrected chi connectivity index (χ1v) is 6.14. The highest BCUT2D eigenvalue weighted by atomic mass is 16.2. The molecular weight excluding hydrogens is 202 g/mol. The Balaban J connectivity index is 1.78. The summed E-state index contributed by atoms with van der Waals surface area (Å²) < 4.78 is 0. The van der Waals surface area contributed by atoms with Gasteiger partial charge in [0.15, 0.2) is 0 Å². The second kappa shape index (κ2) is 4.84. The molecule has 4 heteroatoms. The molecule has 4 nitrogen and oxygen atoms in total. The maximum absolute atomic E-state index is 11.8. The number of hydrogen-bond acceptors (Lipinski definition) is 3. The quantitative estimate of drug-likeness (QED) is 0.770. The van der Waals surface area contributed by atoms with Crippen molar-refractivity contribution < 1.29 is 4.79 Å². The molecule has 1 unspecified atom stereocenters. The zero-order valence-electron chi connectivity index (χ0n) is 9.78. The van der Waals surface area contributed by atoms with Gasteiger partial charge in [0.2, 0.25) is 5.91 Å². The molecule has 0 bridgehead atoms. The summed E-state index contributed by atoms with van der Waals surface area (Å²) >= 11 is 0. The fraction of sp³-hybridized carbons (Fsp3) is 0.833. The highest BCUT2D eigenvalue weighted by Crippen LogP contribution is 2.21. The van der Waals surface area contributed by atoms with Gasteiger partial charge in [0.1, 0.15) is 0 Å². The van der Waals surface area contributed by atoms with Crippen LogP contribution in [0.25, 0.3) is 0 Å². The summed E-state index contributed by atoms with van der Waals surface area (Å²) in [5, 5.41) is 11.8. The van der Waals surface area contributed by atoms with E-state index in [9.17, 15) is 4.79 Å². The second-order valence-electron chi connectivity index (χ2n) is 4.90. The molecule has 0 spiro atoms. The monoisotopic (exact) mass is 221 g/mol. The maximum Gasteiger partial charge on any atom is 0.237 e. The van der Waals surface area contributed by atoms with E-state index in [4.69, 9.17) is 5.26 Å². The van der Waals surface area contributed by atoms with Gasteiger partial charge in [0.05, 0.1) is 12.1 Å². The van der Waals surface area contributed by atoms with Crippen LogP contribution in [0.1, 0.15) is 32.6 Å². The molecule has 1 atom stereocenters. The fourth-order valence-corrected chi connectivity index (χ4v) is 2.13. The molecule has 88 valence electrons. The number of nitriles is 1. The number of carbonyl (C=O) groups is 1. The van der Waals surface area contributed by atoms with Gasteiger partial charge in [0.25, 0.3) is 0 Å². The first-order valence-electron chi connectivity index (χ1n) is 6.14. The molecule has 1 amide bonds. The zero-order chi connectivity index (χ0) is 11.5. The molecule has 0 radical (unpaired) electrons. The summed E-state index contributed by atoms with van der Waals surface area (Å²) in [7, 11) is 0. The molecule has 1 saturated carbocycles. The van der Waals surface area contributed by atoms with E-state index in [0.717, 1.165) is 38.8 Å². The second-order valence-corrected chi connectivity index (χ2v) is 4.90. The third-order valence-electron chi connectivity index (χ3n) is 3.56. The van der Waals surface area contributed by atoms with Gasteiger partial charge in [-0.2, -0.15) is 5.26 Å². The summed E-state index contributed by atoms with van der Waals surface area (Å²) in [6.07, 6.45) is 4.07. The van der Waals surface area contributed by atoms with Crippen LogP contribution in [0.2, 0.25) is 0 Å². The van der Waals surface area contributed by atoms with Crippen molar-refractivity contribution >= 4 is 5.91 Å². The van der Waals surface area contributed by atoms with Crippen LogP contribution in [-0.2, 0) is 4.79 Å². The molecule has 2 fully saturated rings. The van der Waals surface area contributed by atoms with Crippen molar-refractivity contribution in [2.45, 2.75) is 44.7 Å². The molecule has 0 aromatic rings. The lowest BCUT2D eigenvalue weighted by Crippen LogP contribution is -2.48. The van der Waals surface area contributed by atoms with Crippen molar-refractivity contribution in [1.29, 1.82) is 5.26 Å². The number of nitrogens with one attached hydrogen (secondary N) is 1. The third-order valence-corrected chi connectivity index (χ3v) is 3.56. The lowest BCUT2D eigenvalue weighted by molar-refractivity contribution is -0.126. The molecule has 0 aromatic heterocycles. The molecule has 2 rings (SSSR count). The van der Waals surface area contributed by atoms with E-state index in [1.165, 1.54) is 0 Å². The van der Waals surface area contributed by atoms with E-state index in [-0.39, 0.29) is 17.9 Å². The van der Waals surface area contributed by atoms with Gasteiger partial charge in [-0.25, -0.2) is 0 Å². The van der Waals surface area contributed by atoms with Crippen molar-refractivity contribution in [3.63, 3.8) is 0 Å². The van der Waals surface area contributed by atoms with E-state index in [1.807, 2.05) is 6.92 Å². The van der Waals surface area contributed by atoms with Gasteiger partial charge in [-0.05, 0) is 32.6 Å². The average molecular weight is 221 g/mol. The standard InChI is InChI=1S/C12H19N3O/c1-9(12(16)14-11-2-3-11)15-6-4-10(8-13)5-7-15/h9-11H,2-7H2,1H3,(H,14,16). The molecule has 1 aliphatic carbocycles. The molecule has 0 aromatic carbocycles. The van der Waals surface area contributed by atoms with Crippen LogP contribution in [-0.4, -0.2) is 36.0 Å². The maximum atomic E-state index is 11.8. The van der Waals surface area contributed by atoms with Gasteiger partial charge in [-0.1, -0.05) is 0 Å². The highest BCUT2D eigenvalue weighted by molar-refractivity contribution is 5.81. The van der Waals surface area contributed by atoms with Crippen LogP contribution in [0.5, 0.6) is 0 Å². The first-order chi connectivity index (χ1) is 7.70. The topological polar surface area (TPSA) is 56.1 Å². The summed E-state index contributed by atoms with van der Waals surface area (Å²) in [4.78, 5) is 14.0. The number of likely N-dealkylation sites (tertiary alicyclic amines) is 1. The molecule has 1 aliphatic heterocycles. The van der Waals surface area contributed by atoms with Crippen LogP contribution < -0.4 is 5.32 Å². The minimum Gasteiger partial charge on any atom is -0.352 e. The summed E-state index contributed by atoms with van der Waals surface area (Å²) in [5.74, 6) is 0.341. The Labute approximate surface area is 96.6 Å². The van der Waals surface area contributed by atoms with E-state index in [0.29, 0.717) is 6.04 Å². The Morgan fingerprint density at radius 3 is 2.50 bits per heavy atom. The fourth-order valence-electron chi connectivity index (χ4n) is 2.13. The Morgan fingerprint density at radius 2 is 2.00 bits per heavy atom. The Morgan fingerprint density at radius 1 is 1.38 bits per heavy atom. The van der Waals surface area contributed by atoms with Crippen molar-refractivity contribution in [3.05, 3.63) is 0 Å². The van der Waals surface area contributed by atoms with Gasteiger partial charge in [-0.15, -0.1) is 0 Å². The first kappa shape index (κ1) is 11.4. The largest absolute Gasteiger partial charge is 0.352 e. The average Bonchev–Trinajstić information content (AvgIpc) is 3.12. The van der Waals surface area contributed by atoms with Crippen molar-refractivity contribution in [2.75, 3.05) is 13.1 Å². The Hall–Kier alpha value is -1.08. The van der Waals surface area contributed by atoms with Gasteiger partial charge < -0.3 is 5.32 Å². The van der Waals surface area contributed by atoms with E-state index < -0.39 is 0 Å². The minimum absolute atomic E-state index is 0.0414. The number of piperidine rings is 1.